The lowest BCUT2D eigenvalue weighted by atomic mass is 10.1. The van der Waals surface area contributed by atoms with E-state index in [0.29, 0.717) is 11.2 Å². The summed E-state index contributed by atoms with van der Waals surface area (Å²) in [5.74, 6) is 0.0834. The van der Waals surface area contributed by atoms with Crippen LogP contribution in [0.5, 0.6) is 0 Å². The number of para-hydroxylation sites is 1. The third kappa shape index (κ3) is 4.48. The Morgan fingerprint density at radius 1 is 1.06 bits per heavy atom. The number of carbonyl (C=O) groups is 1. The van der Waals surface area contributed by atoms with Crippen molar-refractivity contribution in [3.05, 3.63) is 82.0 Å². The second-order valence-electron chi connectivity index (χ2n) is 8.92. The second-order valence-corrected chi connectivity index (χ2v) is 9.32. The van der Waals surface area contributed by atoms with E-state index in [4.69, 9.17) is 21.6 Å². The van der Waals surface area contributed by atoms with Crippen LogP contribution in [0.1, 0.15) is 46.7 Å². The molecule has 3 heterocycles. The molecule has 0 spiro atoms. The predicted molar refractivity (Wildman–Crippen MR) is 137 cm³/mol. The minimum absolute atomic E-state index is 0.103. The highest BCUT2D eigenvalue weighted by atomic mass is 35.5. The molecule has 0 radical (unpaired) electrons. The molecule has 1 aliphatic rings. The smallest absolute Gasteiger partial charge is 0.289 e. The molecule has 0 bridgehead atoms. The standard InChI is InChI=1S/C27H27ClFN5O/c1-17-18(2)34(21-9-5-3-6-10-21)26-23(17)25(33-13-7-4-8-14-33)31-24(32-26)27(35)30-16-19-11-12-20(29)15-22(19)28/h3,5-6,9-12,15H,4,7-8,13-14,16H2,1-2H3,(H,30,35). The van der Waals surface area contributed by atoms with Crippen molar-refractivity contribution in [3.8, 4) is 5.69 Å². The molecule has 8 heteroatoms. The van der Waals surface area contributed by atoms with Gasteiger partial charge in [0.05, 0.1) is 5.39 Å². The second kappa shape index (κ2) is 9.66. The van der Waals surface area contributed by atoms with Crippen molar-refractivity contribution in [2.75, 3.05) is 18.0 Å². The molecule has 1 aliphatic heterocycles. The highest BCUT2D eigenvalue weighted by Gasteiger charge is 2.25. The summed E-state index contributed by atoms with van der Waals surface area (Å²) in [6.45, 7) is 6.10. The summed E-state index contributed by atoms with van der Waals surface area (Å²) in [6.07, 6.45) is 3.38. The first-order chi connectivity index (χ1) is 16.9. The molecule has 1 amide bonds. The fourth-order valence-electron chi connectivity index (χ4n) is 4.69. The van der Waals surface area contributed by atoms with Crippen LogP contribution in [0.4, 0.5) is 10.2 Å². The predicted octanol–water partition coefficient (Wildman–Crippen LogP) is 5.75. The summed E-state index contributed by atoms with van der Waals surface area (Å²) in [5.41, 5.74) is 4.49. The molecule has 5 rings (SSSR count). The maximum absolute atomic E-state index is 13.4. The molecule has 2 aromatic carbocycles. The molecular formula is C27H27ClFN5O. The molecule has 35 heavy (non-hydrogen) atoms. The van der Waals surface area contributed by atoms with Crippen LogP contribution in [0, 0.1) is 19.7 Å². The average molecular weight is 492 g/mol. The van der Waals surface area contributed by atoms with Gasteiger partial charge in [0.25, 0.3) is 5.91 Å². The maximum Gasteiger partial charge on any atom is 0.289 e. The Labute approximate surface area is 208 Å². The number of aryl methyl sites for hydroxylation is 1. The number of amides is 1. The van der Waals surface area contributed by atoms with E-state index in [0.717, 1.165) is 54.1 Å². The first kappa shape index (κ1) is 23.3. The Morgan fingerprint density at radius 3 is 2.51 bits per heavy atom. The van der Waals surface area contributed by atoms with Crippen molar-refractivity contribution in [1.82, 2.24) is 19.9 Å². The number of anilines is 1. The van der Waals surface area contributed by atoms with E-state index in [9.17, 15) is 9.18 Å². The van der Waals surface area contributed by atoms with Gasteiger partial charge in [0, 0.05) is 36.0 Å². The van der Waals surface area contributed by atoms with E-state index in [1.165, 1.54) is 18.6 Å². The van der Waals surface area contributed by atoms with E-state index in [1.807, 2.05) is 30.3 Å². The normalized spacial score (nSPS) is 13.9. The highest BCUT2D eigenvalue weighted by Crippen LogP contribution is 2.34. The fourth-order valence-corrected chi connectivity index (χ4v) is 4.92. The van der Waals surface area contributed by atoms with Crippen molar-refractivity contribution in [3.63, 3.8) is 0 Å². The topological polar surface area (TPSA) is 63.1 Å². The zero-order valence-corrected chi connectivity index (χ0v) is 20.6. The molecule has 4 aromatic rings. The van der Waals surface area contributed by atoms with E-state index in [1.54, 1.807) is 6.07 Å². The van der Waals surface area contributed by atoms with Crippen LogP contribution in [0.25, 0.3) is 16.7 Å². The minimum atomic E-state index is -0.419. The average Bonchev–Trinajstić information content (AvgIpc) is 3.13. The van der Waals surface area contributed by atoms with Crippen molar-refractivity contribution in [2.24, 2.45) is 0 Å². The van der Waals surface area contributed by atoms with Crippen LogP contribution < -0.4 is 10.2 Å². The number of fused-ring (bicyclic) bond motifs is 1. The van der Waals surface area contributed by atoms with Gasteiger partial charge in [0.2, 0.25) is 5.82 Å². The van der Waals surface area contributed by atoms with Crippen molar-refractivity contribution in [1.29, 1.82) is 0 Å². The molecule has 1 fully saturated rings. The third-order valence-electron chi connectivity index (χ3n) is 6.66. The molecule has 180 valence electrons. The van der Waals surface area contributed by atoms with Crippen molar-refractivity contribution in [2.45, 2.75) is 39.7 Å². The van der Waals surface area contributed by atoms with Crippen LogP contribution >= 0.6 is 11.6 Å². The summed E-state index contributed by atoms with van der Waals surface area (Å²) in [6, 6.07) is 14.1. The quantitative estimate of drug-likeness (QED) is 0.386. The third-order valence-corrected chi connectivity index (χ3v) is 7.02. The number of benzene rings is 2. The molecule has 0 saturated carbocycles. The number of rotatable bonds is 5. The zero-order chi connectivity index (χ0) is 24.5. The number of hydrogen-bond acceptors (Lipinski definition) is 4. The van der Waals surface area contributed by atoms with Gasteiger partial charge in [-0.2, -0.15) is 0 Å². The number of halogens is 2. The van der Waals surface area contributed by atoms with E-state index < -0.39 is 11.7 Å². The molecule has 2 aromatic heterocycles. The first-order valence-electron chi connectivity index (χ1n) is 11.9. The van der Waals surface area contributed by atoms with Gasteiger partial charge in [-0.05, 0) is 68.5 Å². The lowest BCUT2D eigenvalue weighted by Crippen LogP contribution is -2.32. The van der Waals surface area contributed by atoms with Gasteiger partial charge in [-0.25, -0.2) is 14.4 Å². The fraction of sp³-hybridized carbons (Fsp3) is 0.296. The molecule has 0 aliphatic carbocycles. The zero-order valence-electron chi connectivity index (χ0n) is 19.8. The van der Waals surface area contributed by atoms with Gasteiger partial charge in [-0.15, -0.1) is 0 Å². The Kier molecular flexibility index (Phi) is 6.43. The van der Waals surface area contributed by atoms with Crippen LogP contribution in [-0.4, -0.2) is 33.5 Å². The molecule has 6 nitrogen and oxygen atoms in total. The lowest BCUT2D eigenvalue weighted by Gasteiger charge is -2.28. The number of carbonyl (C=O) groups excluding carboxylic acids is 1. The SMILES string of the molecule is Cc1c(C)n(-c2ccccc2)c2nc(C(=O)NCc3ccc(F)cc3Cl)nc(N3CCCCC3)c12. The van der Waals surface area contributed by atoms with Gasteiger partial charge in [0.1, 0.15) is 11.6 Å². The van der Waals surface area contributed by atoms with Crippen LogP contribution in [0.3, 0.4) is 0 Å². The minimum Gasteiger partial charge on any atom is -0.356 e. The summed E-state index contributed by atoms with van der Waals surface area (Å²) in [5, 5.41) is 4.09. The van der Waals surface area contributed by atoms with Crippen molar-refractivity contribution >= 4 is 34.4 Å². The number of hydrogen-bond donors (Lipinski definition) is 1. The number of nitrogens with zero attached hydrogens (tertiary/aromatic N) is 4. The summed E-state index contributed by atoms with van der Waals surface area (Å²) < 4.78 is 15.5. The van der Waals surface area contributed by atoms with Crippen LogP contribution in [0.15, 0.2) is 48.5 Å². The monoisotopic (exact) mass is 491 g/mol. The molecular weight excluding hydrogens is 465 g/mol. The van der Waals surface area contributed by atoms with Crippen molar-refractivity contribution < 1.29 is 9.18 Å². The van der Waals surface area contributed by atoms with Gasteiger partial charge in [0.15, 0.2) is 5.65 Å². The summed E-state index contributed by atoms with van der Waals surface area (Å²) in [4.78, 5) is 25.0. The number of aromatic nitrogens is 3. The molecule has 0 atom stereocenters. The van der Waals surface area contributed by atoms with E-state index in [-0.39, 0.29) is 17.4 Å². The van der Waals surface area contributed by atoms with Gasteiger partial charge in [-0.1, -0.05) is 35.9 Å². The van der Waals surface area contributed by atoms with Gasteiger partial charge < -0.3 is 10.2 Å². The summed E-state index contributed by atoms with van der Waals surface area (Å²) in [7, 11) is 0. The van der Waals surface area contributed by atoms with Crippen LogP contribution in [-0.2, 0) is 6.54 Å². The maximum atomic E-state index is 13.4. The number of nitrogens with one attached hydrogen (secondary N) is 1. The lowest BCUT2D eigenvalue weighted by molar-refractivity contribution is 0.0941. The Bertz CT molecular complexity index is 1400. The molecule has 0 unspecified atom stereocenters. The Hall–Kier alpha value is -3.45. The van der Waals surface area contributed by atoms with Crippen LogP contribution in [0.2, 0.25) is 5.02 Å². The van der Waals surface area contributed by atoms with E-state index in [2.05, 4.69) is 28.6 Å². The number of piperidine rings is 1. The molecule has 1 N–H and O–H groups in total. The van der Waals surface area contributed by atoms with E-state index >= 15 is 0 Å². The Morgan fingerprint density at radius 2 is 1.80 bits per heavy atom. The summed E-state index contributed by atoms with van der Waals surface area (Å²) >= 11 is 6.14. The first-order valence-corrected chi connectivity index (χ1v) is 12.2. The van der Waals surface area contributed by atoms with Gasteiger partial charge >= 0.3 is 0 Å². The van der Waals surface area contributed by atoms with Gasteiger partial charge in [-0.3, -0.25) is 9.36 Å². The molecule has 1 saturated heterocycles. The Balaban J connectivity index is 1.60. The largest absolute Gasteiger partial charge is 0.356 e. The highest BCUT2D eigenvalue weighted by molar-refractivity contribution is 6.31.